The van der Waals surface area contributed by atoms with Gasteiger partial charge in [-0.1, -0.05) is 24.3 Å². The Balaban J connectivity index is 1.45. The van der Waals surface area contributed by atoms with Crippen molar-refractivity contribution in [2.24, 2.45) is 10.9 Å². The van der Waals surface area contributed by atoms with Gasteiger partial charge in [-0.3, -0.25) is 9.79 Å². The van der Waals surface area contributed by atoms with E-state index < -0.39 is 0 Å². The SMILES string of the molecule is CCOC(=O)C1CCCN(C(=NC)NCc2ccc(COC3CCOCC3)cc2)C1. The van der Waals surface area contributed by atoms with Crippen LogP contribution in [0.2, 0.25) is 0 Å². The molecule has 2 fully saturated rings. The van der Waals surface area contributed by atoms with Crippen LogP contribution in [0, 0.1) is 5.92 Å². The lowest BCUT2D eigenvalue weighted by molar-refractivity contribution is -0.149. The van der Waals surface area contributed by atoms with Crippen molar-refractivity contribution in [3.63, 3.8) is 0 Å². The molecule has 1 aromatic rings. The molecule has 0 spiro atoms. The fourth-order valence-corrected chi connectivity index (χ4v) is 3.95. The molecule has 2 aliphatic rings. The van der Waals surface area contributed by atoms with E-state index in [1.807, 2.05) is 6.92 Å². The quantitative estimate of drug-likeness (QED) is 0.418. The number of piperidine rings is 1. The molecule has 2 heterocycles. The third-order valence-corrected chi connectivity index (χ3v) is 5.68. The van der Waals surface area contributed by atoms with Gasteiger partial charge >= 0.3 is 5.97 Å². The first-order chi connectivity index (χ1) is 14.7. The van der Waals surface area contributed by atoms with Crippen molar-refractivity contribution in [2.45, 2.75) is 51.9 Å². The van der Waals surface area contributed by atoms with E-state index in [0.29, 0.717) is 32.4 Å². The number of aliphatic imine (C=N–C) groups is 1. The zero-order chi connectivity index (χ0) is 21.2. The molecule has 2 saturated heterocycles. The largest absolute Gasteiger partial charge is 0.466 e. The predicted molar refractivity (Wildman–Crippen MR) is 116 cm³/mol. The van der Waals surface area contributed by atoms with E-state index in [2.05, 4.69) is 39.5 Å². The standard InChI is InChI=1S/C23H35N3O4/c1-3-29-22(27)20-5-4-12-26(16-20)23(24-2)25-15-18-6-8-19(9-7-18)17-30-21-10-13-28-14-11-21/h6-9,20-21H,3-5,10-17H2,1-2H3,(H,24,25). The van der Waals surface area contributed by atoms with Crippen molar-refractivity contribution in [1.82, 2.24) is 10.2 Å². The zero-order valence-corrected chi connectivity index (χ0v) is 18.3. The summed E-state index contributed by atoms with van der Waals surface area (Å²) in [5.41, 5.74) is 2.37. The second-order valence-corrected chi connectivity index (χ2v) is 7.88. The summed E-state index contributed by atoms with van der Waals surface area (Å²) in [6.07, 6.45) is 4.12. The molecule has 30 heavy (non-hydrogen) atoms. The first-order valence-electron chi connectivity index (χ1n) is 11.1. The summed E-state index contributed by atoms with van der Waals surface area (Å²) in [6.45, 7) is 6.76. The minimum Gasteiger partial charge on any atom is -0.466 e. The van der Waals surface area contributed by atoms with Gasteiger partial charge < -0.3 is 24.4 Å². The minimum absolute atomic E-state index is 0.0766. The summed E-state index contributed by atoms with van der Waals surface area (Å²) in [5, 5.41) is 3.43. The number of hydrogen-bond acceptors (Lipinski definition) is 5. The highest BCUT2D eigenvalue weighted by Crippen LogP contribution is 2.18. The normalized spacial score (nSPS) is 20.8. The van der Waals surface area contributed by atoms with Gasteiger partial charge in [0.2, 0.25) is 0 Å². The van der Waals surface area contributed by atoms with Gasteiger partial charge in [0.1, 0.15) is 0 Å². The number of carbonyl (C=O) groups excluding carboxylic acids is 1. The second-order valence-electron chi connectivity index (χ2n) is 7.88. The van der Waals surface area contributed by atoms with E-state index in [0.717, 1.165) is 51.4 Å². The van der Waals surface area contributed by atoms with Gasteiger partial charge in [-0.15, -0.1) is 0 Å². The molecular weight excluding hydrogens is 382 g/mol. The number of guanidine groups is 1. The lowest BCUT2D eigenvalue weighted by Crippen LogP contribution is -2.48. The zero-order valence-electron chi connectivity index (χ0n) is 18.3. The highest BCUT2D eigenvalue weighted by Gasteiger charge is 2.28. The van der Waals surface area contributed by atoms with Gasteiger partial charge in [-0.05, 0) is 43.7 Å². The van der Waals surface area contributed by atoms with Crippen molar-refractivity contribution in [1.29, 1.82) is 0 Å². The molecule has 3 rings (SSSR count). The van der Waals surface area contributed by atoms with Crippen LogP contribution >= 0.6 is 0 Å². The van der Waals surface area contributed by atoms with E-state index in [-0.39, 0.29) is 11.9 Å². The van der Waals surface area contributed by atoms with Crippen molar-refractivity contribution in [3.8, 4) is 0 Å². The van der Waals surface area contributed by atoms with Crippen LogP contribution in [0.5, 0.6) is 0 Å². The van der Waals surface area contributed by atoms with Gasteiger partial charge in [-0.25, -0.2) is 0 Å². The Kier molecular flexibility index (Phi) is 8.96. The van der Waals surface area contributed by atoms with Crippen LogP contribution < -0.4 is 5.32 Å². The molecule has 2 aliphatic heterocycles. The molecule has 0 bridgehead atoms. The Morgan fingerprint density at radius 2 is 1.93 bits per heavy atom. The molecule has 0 saturated carbocycles. The van der Waals surface area contributed by atoms with Crippen LogP contribution in [0.4, 0.5) is 0 Å². The minimum atomic E-state index is -0.101. The summed E-state index contributed by atoms with van der Waals surface area (Å²) in [6, 6.07) is 8.49. The molecule has 0 aromatic heterocycles. The third kappa shape index (κ3) is 6.71. The molecule has 1 N–H and O–H groups in total. The Hall–Kier alpha value is -2.12. The summed E-state index contributed by atoms with van der Waals surface area (Å²) in [4.78, 5) is 18.7. The molecule has 0 aliphatic carbocycles. The number of nitrogens with zero attached hydrogens (tertiary/aromatic N) is 2. The molecule has 1 aromatic carbocycles. The van der Waals surface area contributed by atoms with E-state index in [1.54, 1.807) is 7.05 Å². The Morgan fingerprint density at radius 1 is 1.20 bits per heavy atom. The van der Waals surface area contributed by atoms with Gasteiger partial charge in [0, 0.05) is 39.9 Å². The number of ether oxygens (including phenoxy) is 3. The van der Waals surface area contributed by atoms with Crippen molar-refractivity contribution < 1.29 is 19.0 Å². The smallest absolute Gasteiger partial charge is 0.310 e. The van der Waals surface area contributed by atoms with Gasteiger partial charge in [0.05, 0.1) is 25.2 Å². The molecule has 0 amide bonds. The summed E-state index contributed by atoms with van der Waals surface area (Å²) in [5.74, 6) is 0.652. The molecule has 7 heteroatoms. The van der Waals surface area contributed by atoms with Crippen LogP contribution in [0.3, 0.4) is 0 Å². The molecule has 0 radical (unpaired) electrons. The molecular formula is C23H35N3O4. The molecule has 166 valence electrons. The Morgan fingerprint density at radius 3 is 2.63 bits per heavy atom. The van der Waals surface area contributed by atoms with Crippen LogP contribution in [0.1, 0.15) is 43.7 Å². The van der Waals surface area contributed by atoms with Crippen LogP contribution in [-0.2, 0) is 32.2 Å². The molecule has 7 nitrogen and oxygen atoms in total. The fourth-order valence-electron chi connectivity index (χ4n) is 3.95. The fraction of sp³-hybridized carbons (Fsp3) is 0.652. The Labute approximate surface area is 179 Å². The average molecular weight is 418 g/mol. The highest BCUT2D eigenvalue weighted by molar-refractivity contribution is 5.81. The van der Waals surface area contributed by atoms with Crippen LogP contribution in [0.15, 0.2) is 29.3 Å². The van der Waals surface area contributed by atoms with E-state index >= 15 is 0 Å². The highest BCUT2D eigenvalue weighted by atomic mass is 16.5. The van der Waals surface area contributed by atoms with E-state index in [1.165, 1.54) is 11.1 Å². The molecule has 1 unspecified atom stereocenters. The summed E-state index contributed by atoms with van der Waals surface area (Å²) >= 11 is 0. The topological polar surface area (TPSA) is 72.4 Å². The van der Waals surface area contributed by atoms with E-state index in [9.17, 15) is 4.79 Å². The van der Waals surface area contributed by atoms with Crippen molar-refractivity contribution in [3.05, 3.63) is 35.4 Å². The number of benzene rings is 1. The van der Waals surface area contributed by atoms with Crippen LogP contribution in [0.25, 0.3) is 0 Å². The van der Waals surface area contributed by atoms with Crippen molar-refractivity contribution >= 4 is 11.9 Å². The first-order valence-corrected chi connectivity index (χ1v) is 11.1. The number of esters is 1. The maximum Gasteiger partial charge on any atom is 0.310 e. The number of likely N-dealkylation sites (tertiary alicyclic amines) is 1. The van der Waals surface area contributed by atoms with Gasteiger partial charge in [0.15, 0.2) is 5.96 Å². The number of rotatable bonds is 7. The number of hydrogen-bond donors (Lipinski definition) is 1. The maximum atomic E-state index is 12.1. The van der Waals surface area contributed by atoms with Crippen molar-refractivity contribution in [2.75, 3.05) is 40.0 Å². The second kappa shape index (κ2) is 11.9. The summed E-state index contributed by atoms with van der Waals surface area (Å²) in [7, 11) is 1.78. The lowest BCUT2D eigenvalue weighted by Gasteiger charge is -2.34. The van der Waals surface area contributed by atoms with Gasteiger partial charge in [0.25, 0.3) is 0 Å². The Bertz CT molecular complexity index is 686. The number of nitrogens with one attached hydrogen (secondary N) is 1. The lowest BCUT2D eigenvalue weighted by atomic mass is 9.98. The maximum absolute atomic E-state index is 12.1. The van der Waals surface area contributed by atoms with Crippen LogP contribution in [-0.4, -0.2) is 62.9 Å². The monoisotopic (exact) mass is 417 g/mol. The van der Waals surface area contributed by atoms with E-state index in [4.69, 9.17) is 14.2 Å². The first kappa shape index (κ1) is 22.6. The summed E-state index contributed by atoms with van der Waals surface area (Å²) < 4.78 is 16.6. The predicted octanol–water partition coefficient (Wildman–Crippen LogP) is 2.73. The average Bonchev–Trinajstić information content (AvgIpc) is 2.80. The van der Waals surface area contributed by atoms with Gasteiger partial charge in [-0.2, -0.15) is 0 Å². The molecule has 1 atom stereocenters. The third-order valence-electron chi connectivity index (χ3n) is 5.68. The number of carbonyl (C=O) groups is 1.